The van der Waals surface area contributed by atoms with Crippen LogP contribution < -0.4 is 5.32 Å². The molecular formula is C20H18FN3O. The Bertz CT molecular complexity index is 883. The van der Waals surface area contributed by atoms with E-state index in [1.54, 1.807) is 23.0 Å². The molecule has 0 spiro atoms. The maximum Gasteiger partial charge on any atom is 0.230 e. The number of benzene rings is 2. The number of nitrogens with zero attached hydrogens (tertiary/aromatic N) is 2. The van der Waals surface area contributed by atoms with Crippen LogP contribution in [0.25, 0.3) is 5.69 Å². The van der Waals surface area contributed by atoms with Gasteiger partial charge in [-0.2, -0.15) is 5.10 Å². The van der Waals surface area contributed by atoms with Gasteiger partial charge in [0.1, 0.15) is 5.82 Å². The number of rotatable bonds is 5. The standard InChI is InChI=1S/C20H18FN3O/c21-17-8-6-16(7-9-17)20(10-11-20)19(25)22-12-15-13-23-24(14-15)18-4-2-1-3-5-18/h1-9,13-14H,10-12H2,(H,22,25). The molecule has 4 rings (SSSR count). The van der Waals surface area contributed by atoms with Crippen LogP contribution in [0, 0.1) is 5.82 Å². The minimum absolute atomic E-state index is 0.00781. The van der Waals surface area contributed by atoms with Gasteiger partial charge in [0.05, 0.1) is 17.3 Å². The smallest absolute Gasteiger partial charge is 0.230 e. The summed E-state index contributed by atoms with van der Waals surface area (Å²) in [5.41, 5.74) is 2.30. The molecule has 5 heteroatoms. The number of hydrogen-bond donors (Lipinski definition) is 1. The third-order valence-corrected chi connectivity index (χ3v) is 4.69. The first kappa shape index (κ1) is 15.6. The summed E-state index contributed by atoms with van der Waals surface area (Å²) in [6, 6.07) is 16.0. The zero-order valence-electron chi connectivity index (χ0n) is 13.7. The van der Waals surface area contributed by atoms with Crippen molar-refractivity contribution in [3.05, 3.63) is 83.9 Å². The molecule has 3 aromatic rings. The van der Waals surface area contributed by atoms with Crippen molar-refractivity contribution in [2.45, 2.75) is 24.8 Å². The molecule has 25 heavy (non-hydrogen) atoms. The molecule has 0 radical (unpaired) electrons. The zero-order valence-corrected chi connectivity index (χ0v) is 13.7. The van der Waals surface area contributed by atoms with Gasteiger partial charge in [0, 0.05) is 18.3 Å². The quantitative estimate of drug-likeness (QED) is 0.777. The Hall–Kier alpha value is -2.95. The summed E-state index contributed by atoms with van der Waals surface area (Å²) in [6.07, 6.45) is 5.26. The first-order valence-corrected chi connectivity index (χ1v) is 8.31. The van der Waals surface area contributed by atoms with Gasteiger partial charge in [-0.15, -0.1) is 0 Å². The van der Waals surface area contributed by atoms with E-state index in [0.29, 0.717) is 6.54 Å². The number of aromatic nitrogens is 2. The molecule has 1 fully saturated rings. The van der Waals surface area contributed by atoms with Gasteiger partial charge in [0.15, 0.2) is 0 Å². The summed E-state index contributed by atoms with van der Waals surface area (Å²) in [4.78, 5) is 12.6. The Labute approximate surface area is 145 Å². The Kier molecular flexibility index (Phi) is 3.84. The predicted molar refractivity (Wildman–Crippen MR) is 92.7 cm³/mol. The zero-order chi connectivity index (χ0) is 17.3. The van der Waals surface area contributed by atoms with Gasteiger partial charge in [0.25, 0.3) is 0 Å². The minimum atomic E-state index is -0.497. The third-order valence-electron chi connectivity index (χ3n) is 4.69. The van der Waals surface area contributed by atoms with Crippen molar-refractivity contribution in [3.8, 4) is 5.69 Å². The van der Waals surface area contributed by atoms with Crippen molar-refractivity contribution < 1.29 is 9.18 Å². The molecule has 1 heterocycles. The van der Waals surface area contributed by atoms with Gasteiger partial charge in [0.2, 0.25) is 5.91 Å². The lowest BCUT2D eigenvalue weighted by atomic mass is 9.95. The Morgan fingerprint density at radius 2 is 1.84 bits per heavy atom. The van der Waals surface area contributed by atoms with E-state index < -0.39 is 5.41 Å². The number of amides is 1. The topological polar surface area (TPSA) is 46.9 Å². The molecule has 4 nitrogen and oxygen atoms in total. The fourth-order valence-corrected chi connectivity index (χ4v) is 3.07. The number of nitrogens with one attached hydrogen (secondary N) is 1. The summed E-state index contributed by atoms with van der Waals surface area (Å²) in [7, 11) is 0. The summed E-state index contributed by atoms with van der Waals surface area (Å²) in [5.74, 6) is -0.292. The van der Waals surface area contributed by atoms with Crippen molar-refractivity contribution in [1.82, 2.24) is 15.1 Å². The Morgan fingerprint density at radius 3 is 2.52 bits per heavy atom. The predicted octanol–water partition coefficient (Wildman–Crippen LogP) is 3.36. The lowest BCUT2D eigenvalue weighted by Crippen LogP contribution is -2.34. The first-order valence-electron chi connectivity index (χ1n) is 8.31. The average molecular weight is 335 g/mol. The maximum atomic E-state index is 13.1. The summed E-state index contributed by atoms with van der Waals surface area (Å²) in [5, 5.41) is 7.33. The van der Waals surface area contributed by atoms with E-state index in [4.69, 9.17) is 0 Å². The molecule has 0 bridgehead atoms. The van der Waals surface area contributed by atoms with E-state index in [1.807, 2.05) is 36.5 Å². The highest BCUT2D eigenvalue weighted by Crippen LogP contribution is 2.48. The van der Waals surface area contributed by atoms with Crippen LogP contribution in [-0.4, -0.2) is 15.7 Å². The van der Waals surface area contributed by atoms with Crippen LogP contribution in [0.3, 0.4) is 0 Å². The van der Waals surface area contributed by atoms with Gasteiger partial charge >= 0.3 is 0 Å². The van der Waals surface area contributed by atoms with Crippen LogP contribution in [0.5, 0.6) is 0 Å². The van der Waals surface area contributed by atoms with Crippen molar-refractivity contribution in [2.24, 2.45) is 0 Å². The molecular weight excluding hydrogens is 317 g/mol. The lowest BCUT2D eigenvalue weighted by molar-refractivity contribution is -0.123. The molecule has 1 amide bonds. The van der Waals surface area contributed by atoms with Gasteiger partial charge in [-0.1, -0.05) is 30.3 Å². The van der Waals surface area contributed by atoms with E-state index in [0.717, 1.165) is 29.7 Å². The molecule has 1 aromatic heterocycles. The van der Waals surface area contributed by atoms with E-state index in [-0.39, 0.29) is 11.7 Å². The highest BCUT2D eigenvalue weighted by atomic mass is 19.1. The molecule has 0 saturated heterocycles. The van der Waals surface area contributed by atoms with Crippen LogP contribution in [-0.2, 0) is 16.8 Å². The molecule has 1 aliphatic carbocycles. The summed E-state index contributed by atoms with van der Waals surface area (Å²) >= 11 is 0. The van der Waals surface area contributed by atoms with Crippen LogP contribution in [0.2, 0.25) is 0 Å². The van der Waals surface area contributed by atoms with Crippen molar-refractivity contribution in [2.75, 3.05) is 0 Å². The highest BCUT2D eigenvalue weighted by molar-refractivity contribution is 5.91. The lowest BCUT2D eigenvalue weighted by Gasteiger charge is -2.15. The summed E-state index contributed by atoms with van der Waals surface area (Å²) < 4.78 is 14.9. The SMILES string of the molecule is O=C(NCc1cnn(-c2ccccc2)c1)C1(c2ccc(F)cc2)CC1. The van der Waals surface area contributed by atoms with Gasteiger partial charge in [-0.05, 0) is 42.7 Å². The normalized spacial score (nSPS) is 14.9. The number of carbonyl (C=O) groups excluding carboxylic acids is 1. The monoisotopic (exact) mass is 335 g/mol. The second-order valence-electron chi connectivity index (χ2n) is 6.40. The highest BCUT2D eigenvalue weighted by Gasteiger charge is 2.51. The number of hydrogen-bond acceptors (Lipinski definition) is 2. The molecule has 126 valence electrons. The molecule has 1 aliphatic rings. The van der Waals surface area contributed by atoms with Gasteiger partial charge in [-0.3, -0.25) is 4.79 Å². The van der Waals surface area contributed by atoms with Crippen LogP contribution >= 0.6 is 0 Å². The van der Waals surface area contributed by atoms with Crippen LogP contribution in [0.4, 0.5) is 4.39 Å². The largest absolute Gasteiger partial charge is 0.351 e. The van der Waals surface area contributed by atoms with Crippen molar-refractivity contribution in [1.29, 1.82) is 0 Å². The van der Waals surface area contributed by atoms with Gasteiger partial charge in [-0.25, -0.2) is 9.07 Å². The van der Waals surface area contributed by atoms with Crippen molar-refractivity contribution in [3.63, 3.8) is 0 Å². The third kappa shape index (κ3) is 3.05. The first-order chi connectivity index (χ1) is 12.2. The second kappa shape index (κ2) is 6.16. The molecule has 2 aromatic carbocycles. The second-order valence-corrected chi connectivity index (χ2v) is 6.40. The number of carbonyl (C=O) groups is 1. The fourth-order valence-electron chi connectivity index (χ4n) is 3.07. The molecule has 1 saturated carbocycles. The number of halogens is 1. The molecule has 0 aliphatic heterocycles. The van der Waals surface area contributed by atoms with Crippen molar-refractivity contribution >= 4 is 5.91 Å². The van der Waals surface area contributed by atoms with E-state index >= 15 is 0 Å². The number of para-hydroxylation sites is 1. The Balaban J connectivity index is 1.43. The van der Waals surface area contributed by atoms with E-state index in [9.17, 15) is 9.18 Å². The minimum Gasteiger partial charge on any atom is -0.351 e. The van der Waals surface area contributed by atoms with Crippen LogP contribution in [0.15, 0.2) is 67.0 Å². The molecule has 0 atom stereocenters. The maximum absolute atomic E-state index is 13.1. The van der Waals surface area contributed by atoms with Crippen LogP contribution in [0.1, 0.15) is 24.0 Å². The summed E-state index contributed by atoms with van der Waals surface area (Å²) in [6.45, 7) is 0.425. The van der Waals surface area contributed by atoms with E-state index in [2.05, 4.69) is 10.4 Å². The van der Waals surface area contributed by atoms with E-state index in [1.165, 1.54) is 12.1 Å². The average Bonchev–Trinajstić information content (AvgIpc) is 3.32. The Morgan fingerprint density at radius 1 is 1.12 bits per heavy atom. The fraction of sp³-hybridized carbons (Fsp3) is 0.200. The van der Waals surface area contributed by atoms with Gasteiger partial charge < -0.3 is 5.32 Å². The molecule has 1 N–H and O–H groups in total. The molecule has 0 unspecified atom stereocenters.